The van der Waals surface area contributed by atoms with E-state index in [1.165, 1.54) is 0 Å². The Balaban J connectivity index is 1.56. The molecule has 2 aromatic carbocycles. The van der Waals surface area contributed by atoms with E-state index < -0.39 is 0 Å². The molecular weight excluding hydrogens is 398 g/mol. The van der Waals surface area contributed by atoms with Crippen LogP contribution in [0.3, 0.4) is 0 Å². The Labute approximate surface area is 180 Å². The van der Waals surface area contributed by atoms with Crippen LogP contribution in [0, 0.1) is 0 Å². The van der Waals surface area contributed by atoms with E-state index in [0.717, 1.165) is 29.9 Å². The number of amides is 2. The number of aromatic nitrogens is 1. The Hall–Kier alpha value is -3.18. The van der Waals surface area contributed by atoms with Gasteiger partial charge < -0.3 is 9.80 Å². The number of hydrogen-bond donors (Lipinski definition) is 0. The Kier molecular flexibility index (Phi) is 6.10. The smallest absolute Gasteiger partial charge is 0.258 e. The van der Waals surface area contributed by atoms with Crippen LogP contribution < -0.4 is 4.90 Å². The van der Waals surface area contributed by atoms with Crippen LogP contribution >= 0.6 is 11.6 Å². The van der Waals surface area contributed by atoms with E-state index in [2.05, 4.69) is 4.98 Å². The Morgan fingerprint density at radius 2 is 1.80 bits per heavy atom. The molecule has 0 N–H and O–H groups in total. The monoisotopic (exact) mass is 419 g/mol. The van der Waals surface area contributed by atoms with Crippen LogP contribution in [0.2, 0.25) is 5.02 Å². The number of likely N-dealkylation sites (tertiary alicyclic amines) is 1. The average Bonchev–Trinajstić information content (AvgIpc) is 3.18. The summed E-state index contributed by atoms with van der Waals surface area (Å²) in [6.45, 7) is 1.74. The first kappa shape index (κ1) is 20.1. The second kappa shape index (κ2) is 9.09. The highest BCUT2D eigenvalue weighted by Gasteiger charge is 2.21. The molecular formula is C24H22ClN3O2. The maximum atomic E-state index is 13.3. The molecule has 5 nitrogen and oxygen atoms in total. The molecule has 30 heavy (non-hydrogen) atoms. The molecule has 0 radical (unpaired) electrons. The van der Waals surface area contributed by atoms with Crippen molar-refractivity contribution >= 4 is 29.1 Å². The zero-order valence-electron chi connectivity index (χ0n) is 16.5. The largest absolute Gasteiger partial charge is 0.338 e. The Morgan fingerprint density at radius 1 is 1.03 bits per heavy atom. The van der Waals surface area contributed by atoms with Gasteiger partial charge in [-0.1, -0.05) is 29.8 Å². The normalized spacial score (nSPS) is 13.5. The molecule has 0 aliphatic carbocycles. The van der Waals surface area contributed by atoms with Crippen molar-refractivity contribution in [2.45, 2.75) is 25.9 Å². The van der Waals surface area contributed by atoms with Crippen molar-refractivity contribution < 1.29 is 9.59 Å². The third kappa shape index (κ3) is 4.69. The predicted octanol–water partition coefficient (Wildman–Crippen LogP) is 4.70. The topological polar surface area (TPSA) is 53.5 Å². The maximum Gasteiger partial charge on any atom is 0.258 e. The third-order valence-electron chi connectivity index (χ3n) is 5.18. The van der Waals surface area contributed by atoms with Crippen LogP contribution in [-0.2, 0) is 17.9 Å². The lowest BCUT2D eigenvalue weighted by Crippen LogP contribution is -2.30. The van der Waals surface area contributed by atoms with Crippen molar-refractivity contribution in [2.75, 3.05) is 11.4 Å². The van der Waals surface area contributed by atoms with Gasteiger partial charge >= 0.3 is 0 Å². The summed E-state index contributed by atoms with van der Waals surface area (Å²) in [4.78, 5) is 33.1. The zero-order chi connectivity index (χ0) is 20.9. The minimum atomic E-state index is -0.119. The van der Waals surface area contributed by atoms with Gasteiger partial charge in [-0.25, -0.2) is 0 Å². The van der Waals surface area contributed by atoms with E-state index in [-0.39, 0.29) is 11.8 Å². The van der Waals surface area contributed by atoms with E-state index >= 15 is 0 Å². The fourth-order valence-corrected chi connectivity index (χ4v) is 3.68. The zero-order valence-corrected chi connectivity index (χ0v) is 17.3. The second-order valence-corrected chi connectivity index (χ2v) is 7.74. The van der Waals surface area contributed by atoms with Gasteiger partial charge in [-0.15, -0.1) is 0 Å². The number of nitrogens with zero attached hydrogens (tertiary/aromatic N) is 3. The first-order valence-electron chi connectivity index (χ1n) is 9.94. The third-order valence-corrected chi connectivity index (χ3v) is 5.43. The minimum absolute atomic E-state index is 0.119. The molecule has 4 rings (SSSR count). The number of carbonyl (C=O) groups is 2. The molecule has 1 aliphatic heterocycles. The molecule has 1 aromatic heterocycles. The molecule has 3 aromatic rings. The molecule has 6 heteroatoms. The molecule has 2 amide bonds. The fourth-order valence-electron chi connectivity index (χ4n) is 3.56. The summed E-state index contributed by atoms with van der Waals surface area (Å²) in [5, 5.41) is 0.616. The van der Waals surface area contributed by atoms with Gasteiger partial charge in [0.2, 0.25) is 5.91 Å². The Morgan fingerprint density at radius 3 is 2.43 bits per heavy atom. The predicted molar refractivity (Wildman–Crippen MR) is 117 cm³/mol. The number of pyridine rings is 1. The average molecular weight is 420 g/mol. The molecule has 1 saturated heterocycles. The Bertz CT molecular complexity index is 1020. The maximum absolute atomic E-state index is 13.3. The highest BCUT2D eigenvalue weighted by molar-refractivity contribution is 6.30. The summed E-state index contributed by atoms with van der Waals surface area (Å²) in [5.74, 6) is 0.0752. The van der Waals surface area contributed by atoms with Gasteiger partial charge in [0.1, 0.15) is 0 Å². The van der Waals surface area contributed by atoms with E-state index in [1.54, 1.807) is 23.2 Å². The SMILES string of the molecule is O=C1CCCN1Cc1ccc(C(=O)N(Cc2ccccn2)c2ccc(Cl)cc2)cc1. The van der Waals surface area contributed by atoms with Gasteiger partial charge in [0.15, 0.2) is 0 Å². The quantitative estimate of drug-likeness (QED) is 0.581. The number of benzene rings is 2. The molecule has 0 bridgehead atoms. The molecule has 0 atom stereocenters. The summed E-state index contributed by atoms with van der Waals surface area (Å²) in [7, 11) is 0. The number of hydrogen-bond acceptors (Lipinski definition) is 3. The summed E-state index contributed by atoms with van der Waals surface area (Å²) in [6, 6.07) is 20.3. The van der Waals surface area contributed by atoms with Crippen LogP contribution in [0.4, 0.5) is 5.69 Å². The van der Waals surface area contributed by atoms with E-state index in [9.17, 15) is 9.59 Å². The van der Waals surface area contributed by atoms with Gasteiger partial charge in [-0.2, -0.15) is 0 Å². The summed E-state index contributed by atoms with van der Waals surface area (Å²) in [5.41, 5.74) is 3.15. The fraction of sp³-hybridized carbons (Fsp3) is 0.208. The standard InChI is InChI=1S/C24H22ClN3O2/c25-20-10-12-22(13-11-20)28(17-21-4-1-2-14-26-21)24(30)19-8-6-18(7-9-19)16-27-15-3-5-23(27)29/h1-2,4,6-14H,3,5,15-17H2. The van der Waals surface area contributed by atoms with Gasteiger partial charge in [0.25, 0.3) is 5.91 Å². The van der Waals surface area contributed by atoms with Gasteiger partial charge in [-0.05, 0) is 60.5 Å². The van der Waals surface area contributed by atoms with Gasteiger partial charge in [0, 0.05) is 42.0 Å². The molecule has 2 heterocycles. The first-order valence-corrected chi connectivity index (χ1v) is 10.3. The molecule has 0 spiro atoms. The van der Waals surface area contributed by atoms with E-state index in [1.807, 2.05) is 59.5 Å². The van der Waals surface area contributed by atoms with Gasteiger partial charge in [-0.3, -0.25) is 14.6 Å². The number of halogens is 1. The summed E-state index contributed by atoms with van der Waals surface area (Å²) in [6.07, 6.45) is 3.26. The van der Waals surface area contributed by atoms with Crippen LogP contribution in [0.15, 0.2) is 72.9 Å². The van der Waals surface area contributed by atoms with Crippen LogP contribution in [0.1, 0.15) is 34.5 Å². The summed E-state index contributed by atoms with van der Waals surface area (Å²) < 4.78 is 0. The highest BCUT2D eigenvalue weighted by atomic mass is 35.5. The molecule has 0 unspecified atom stereocenters. The molecule has 0 saturated carbocycles. The van der Waals surface area contributed by atoms with Crippen molar-refractivity contribution in [1.82, 2.24) is 9.88 Å². The van der Waals surface area contributed by atoms with Crippen molar-refractivity contribution in [3.8, 4) is 0 Å². The van der Waals surface area contributed by atoms with E-state index in [4.69, 9.17) is 11.6 Å². The van der Waals surface area contributed by atoms with Crippen LogP contribution in [-0.4, -0.2) is 28.2 Å². The number of anilines is 1. The molecule has 1 aliphatic rings. The highest BCUT2D eigenvalue weighted by Crippen LogP contribution is 2.23. The molecule has 152 valence electrons. The number of rotatable bonds is 6. The van der Waals surface area contributed by atoms with Crippen molar-refractivity contribution in [3.05, 3.63) is 94.8 Å². The van der Waals surface area contributed by atoms with Gasteiger partial charge in [0.05, 0.1) is 12.2 Å². The lowest BCUT2D eigenvalue weighted by molar-refractivity contribution is -0.128. The summed E-state index contributed by atoms with van der Waals surface area (Å²) >= 11 is 6.03. The van der Waals surface area contributed by atoms with E-state index in [0.29, 0.717) is 30.1 Å². The minimum Gasteiger partial charge on any atom is -0.338 e. The number of carbonyl (C=O) groups excluding carboxylic acids is 2. The second-order valence-electron chi connectivity index (χ2n) is 7.30. The lowest BCUT2D eigenvalue weighted by Gasteiger charge is -2.23. The van der Waals surface area contributed by atoms with Crippen LogP contribution in [0.25, 0.3) is 0 Å². The lowest BCUT2D eigenvalue weighted by atomic mass is 10.1. The first-order chi connectivity index (χ1) is 14.6. The van der Waals surface area contributed by atoms with Crippen molar-refractivity contribution in [1.29, 1.82) is 0 Å². The van der Waals surface area contributed by atoms with Crippen molar-refractivity contribution in [2.24, 2.45) is 0 Å². The van der Waals surface area contributed by atoms with Crippen LogP contribution in [0.5, 0.6) is 0 Å². The van der Waals surface area contributed by atoms with Crippen molar-refractivity contribution in [3.63, 3.8) is 0 Å². The molecule has 1 fully saturated rings.